The van der Waals surface area contributed by atoms with Crippen molar-refractivity contribution in [1.82, 2.24) is 10.2 Å². The van der Waals surface area contributed by atoms with Gasteiger partial charge in [-0.15, -0.1) is 0 Å². The number of aliphatic hydroxyl groups is 1. The largest absolute Gasteiger partial charge is 0.395 e. The number of rotatable bonds is 6. The Kier molecular flexibility index (Phi) is 6.48. The Bertz CT molecular complexity index is 477. The highest BCUT2D eigenvalue weighted by Crippen LogP contribution is 2.10. The lowest BCUT2D eigenvalue weighted by molar-refractivity contribution is -0.132. The second kappa shape index (κ2) is 7.87. The maximum atomic E-state index is 12.0. The molecule has 1 aromatic rings. The van der Waals surface area contributed by atoms with Crippen LogP contribution in [0.15, 0.2) is 24.3 Å². The molecule has 5 nitrogen and oxygen atoms in total. The second-order valence-electron chi connectivity index (χ2n) is 4.60. The van der Waals surface area contributed by atoms with Gasteiger partial charge in [0.15, 0.2) is 0 Å². The lowest BCUT2D eigenvalue weighted by Gasteiger charge is -2.26. The first-order valence-corrected chi connectivity index (χ1v) is 6.77. The van der Waals surface area contributed by atoms with Gasteiger partial charge in [0, 0.05) is 23.2 Å². The first-order valence-electron chi connectivity index (χ1n) is 6.39. The number of hydrogen-bond donors (Lipinski definition) is 2. The zero-order chi connectivity index (χ0) is 15.1. The van der Waals surface area contributed by atoms with Gasteiger partial charge in [-0.05, 0) is 32.0 Å². The van der Waals surface area contributed by atoms with Crippen LogP contribution in [0.5, 0.6) is 0 Å². The number of hydrogen-bond acceptors (Lipinski definition) is 3. The topological polar surface area (TPSA) is 69.6 Å². The molecule has 0 saturated heterocycles. The molecule has 0 fully saturated rings. The Hall–Kier alpha value is -1.59. The average Bonchev–Trinajstić information content (AvgIpc) is 2.41. The number of nitrogens with zero attached hydrogens (tertiary/aromatic N) is 1. The summed E-state index contributed by atoms with van der Waals surface area (Å²) in [5, 5.41) is 11.9. The summed E-state index contributed by atoms with van der Waals surface area (Å²) in [4.78, 5) is 25.3. The van der Waals surface area contributed by atoms with Gasteiger partial charge in [0.2, 0.25) is 5.91 Å². The molecule has 0 aliphatic heterocycles. The van der Waals surface area contributed by atoms with E-state index in [2.05, 4.69) is 5.32 Å². The summed E-state index contributed by atoms with van der Waals surface area (Å²) in [5.41, 5.74) is 0.406. The predicted molar refractivity (Wildman–Crippen MR) is 77.7 cm³/mol. The smallest absolute Gasteiger partial charge is 0.251 e. The lowest BCUT2D eigenvalue weighted by atomic mass is 10.2. The van der Waals surface area contributed by atoms with Gasteiger partial charge in [0.25, 0.3) is 5.91 Å². The maximum Gasteiger partial charge on any atom is 0.251 e. The number of carbonyl (C=O) groups is 2. The summed E-state index contributed by atoms with van der Waals surface area (Å²) in [5.74, 6) is -0.585. The molecule has 0 spiro atoms. The van der Waals surface area contributed by atoms with E-state index >= 15 is 0 Å². The molecular formula is C14H19ClN2O3. The predicted octanol–water partition coefficient (Wildman–Crippen LogP) is 1.30. The van der Waals surface area contributed by atoms with Crippen molar-refractivity contribution in [2.45, 2.75) is 19.9 Å². The third kappa shape index (κ3) is 4.83. The highest BCUT2D eigenvalue weighted by molar-refractivity contribution is 6.30. The molecule has 0 heterocycles. The van der Waals surface area contributed by atoms with Gasteiger partial charge in [-0.1, -0.05) is 17.7 Å². The normalized spacial score (nSPS) is 10.4. The summed E-state index contributed by atoms with van der Waals surface area (Å²) in [6, 6.07) is 6.48. The minimum absolute atomic E-state index is 0.0299. The summed E-state index contributed by atoms with van der Waals surface area (Å²) in [6.45, 7) is 3.75. The fourth-order valence-corrected chi connectivity index (χ4v) is 1.96. The van der Waals surface area contributed by atoms with Crippen molar-refractivity contribution in [1.29, 1.82) is 0 Å². The van der Waals surface area contributed by atoms with Crippen LogP contribution in [0.2, 0.25) is 5.02 Å². The van der Waals surface area contributed by atoms with Crippen LogP contribution in [0.3, 0.4) is 0 Å². The van der Waals surface area contributed by atoms with E-state index in [0.29, 0.717) is 10.6 Å². The lowest BCUT2D eigenvalue weighted by Crippen LogP contribution is -2.44. The zero-order valence-electron chi connectivity index (χ0n) is 11.6. The summed E-state index contributed by atoms with van der Waals surface area (Å²) in [7, 11) is 0. The average molecular weight is 299 g/mol. The van der Waals surface area contributed by atoms with Gasteiger partial charge in [0.1, 0.15) is 0 Å². The van der Waals surface area contributed by atoms with Gasteiger partial charge in [-0.2, -0.15) is 0 Å². The Morgan fingerprint density at radius 1 is 1.40 bits per heavy atom. The third-order valence-corrected chi connectivity index (χ3v) is 3.01. The fourth-order valence-electron chi connectivity index (χ4n) is 1.77. The molecule has 0 aliphatic carbocycles. The van der Waals surface area contributed by atoms with Gasteiger partial charge in [-0.3, -0.25) is 9.59 Å². The highest BCUT2D eigenvalue weighted by atomic mass is 35.5. The van der Waals surface area contributed by atoms with Crippen LogP contribution >= 0.6 is 11.6 Å². The highest BCUT2D eigenvalue weighted by Gasteiger charge is 2.17. The molecule has 2 amide bonds. The molecule has 0 atom stereocenters. The Morgan fingerprint density at radius 3 is 2.65 bits per heavy atom. The zero-order valence-corrected chi connectivity index (χ0v) is 12.4. The van der Waals surface area contributed by atoms with Gasteiger partial charge < -0.3 is 15.3 Å². The quantitative estimate of drug-likeness (QED) is 0.832. The fraction of sp³-hybridized carbons (Fsp3) is 0.429. The standard InChI is InChI=1S/C14H19ClN2O3/c1-10(2)17(6-7-18)13(19)9-16-14(20)11-4-3-5-12(15)8-11/h3-5,8,10,18H,6-7,9H2,1-2H3,(H,16,20). The first-order chi connectivity index (χ1) is 9.45. The van der Waals surface area contributed by atoms with E-state index in [-0.39, 0.29) is 37.6 Å². The second-order valence-corrected chi connectivity index (χ2v) is 5.03. The van der Waals surface area contributed by atoms with Gasteiger partial charge in [-0.25, -0.2) is 0 Å². The molecule has 6 heteroatoms. The summed E-state index contributed by atoms with van der Waals surface area (Å²) >= 11 is 5.80. The van der Waals surface area contributed by atoms with Crippen LogP contribution in [-0.2, 0) is 4.79 Å². The number of halogens is 1. The molecule has 2 N–H and O–H groups in total. The molecule has 1 aromatic carbocycles. The maximum absolute atomic E-state index is 12.0. The van der Waals surface area contributed by atoms with E-state index in [1.54, 1.807) is 18.2 Å². The molecule has 0 radical (unpaired) electrons. The van der Waals surface area contributed by atoms with Gasteiger partial charge in [0.05, 0.1) is 13.2 Å². The van der Waals surface area contributed by atoms with Crippen molar-refractivity contribution in [3.05, 3.63) is 34.9 Å². The van der Waals surface area contributed by atoms with Crippen LogP contribution in [0.25, 0.3) is 0 Å². The molecule has 0 unspecified atom stereocenters. The number of carbonyl (C=O) groups excluding carboxylic acids is 2. The monoisotopic (exact) mass is 298 g/mol. The van der Waals surface area contributed by atoms with Crippen molar-refractivity contribution in [3.8, 4) is 0 Å². The number of benzene rings is 1. The Balaban J connectivity index is 2.57. The van der Waals surface area contributed by atoms with Crippen LogP contribution in [0.1, 0.15) is 24.2 Å². The van der Waals surface area contributed by atoms with Gasteiger partial charge >= 0.3 is 0 Å². The number of amides is 2. The summed E-state index contributed by atoms with van der Waals surface area (Å²) < 4.78 is 0. The minimum Gasteiger partial charge on any atom is -0.395 e. The summed E-state index contributed by atoms with van der Waals surface area (Å²) in [6.07, 6.45) is 0. The van der Waals surface area contributed by atoms with Crippen molar-refractivity contribution in [3.63, 3.8) is 0 Å². The van der Waals surface area contributed by atoms with E-state index in [4.69, 9.17) is 16.7 Å². The van der Waals surface area contributed by atoms with E-state index in [9.17, 15) is 9.59 Å². The Labute approximate surface area is 123 Å². The first kappa shape index (κ1) is 16.5. The van der Waals surface area contributed by atoms with Crippen LogP contribution in [0.4, 0.5) is 0 Å². The van der Waals surface area contributed by atoms with Crippen molar-refractivity contribution in [2.75, 3.05) is 19.7 Å². The van der Waals surface area contributed by atoms with E-state index in [1.807, 2.05) is 13.8 Å². The molecule has 0 aliphatic rings. The SMILES string of the molecule is CC(C)N(CCO)C(=O)CNC(=O)c1cccc(Cl)c1. The van der Waals surface area contributed by atoms with Crippen LogP contribution in [0, 0.1) is 0 Å². The Morgan fingerprint density at radius 2 is 2.10 bits per heavy atom. The van der Waals surface area contributed by atoms with E-state index < -0.39 is 0 Å². The third-order valence-electron chi connectivity index (χ3n) is 2.77. The van der Waals surface area contributed by atoms with Crippen molar-refractivity contribution >= 4 is 23.4 Å². The number of aliphatic hydroxyl groups excluding tert-OH is 1. The van der Waals surface area contributed by atoms with Crippen LogP contribution < -0.4 is 5.32 Å². The van der Waals surface area contributed by atoms with Crippen LogP contribution in [-0.4, -0.2) is 47.6 Å². The molecule has 0 saturated carbocycles. The molecule has 1 rings (SSSR count). The molecular weight excluding hydrogens is 280 g/mol. The van der Waals surface area contributed by atoms with Crippen molar-refractivity contribution in [2.24, 2.45) is 0 Å². The number of nitrogens with one attached hydrogen (secondary N) is 1. The van der Waals surface area contributed by atoms with Crippen molar-refractivity contribution < 1.29 is 14.7 Å². The molecule has 0 bridgehead atoms. The van der Waals surface area contributed by atoms with E-state index in [1.165, 1.54) is 11.0 Å². The van der Waals surface area contributed by atoms with E-state index in [0.717, 1.165) is 0 Å². The molecule has 0 aromatic heterocycles. The minimum atomic E-state index is -0.353. The molecule has 20 heavy (non-hydrogen) atoms. The molecule has 110 valence electrons.